The molecular weight excluding hydrogens is 308 g/mol. The maximum absolute atomic E-state index is 11.8. The lowest BCUT2D eigenvalue weighted by molar-refractivity contribution is -0.151. The first-order valence-corrected chi connectivity index (χ1v) is 10.7. The van der Waals surface area contributed by atoms with Gasteiger partial charge in [0.05, 0.1) is 0 Å². The van der Waals surface area contributed by atoms with Crippen molar-refractivity contribution < 1.29 is 9.53 Å². The summed E-state index contributed by atoms with van der Waals surface area (Å²) in [6, 6.07) is 0. The fourth-order valence-corrected chi connectivity index (χ4v) is 6.35. The molecule has 5 atom stereocenters. The molecule has 4 aliphatic carbocycles. The quantitative estimate of drug-likeness (QED) is 0.456. The molecule has 4 rings (SSSR count). The smallest absolute Gasteiger partial charge is 0.305 e. The highest BCUT2D eigenvalue weighted by Crippen LogP contribution is 2.54. The molecule has 0 spiro atoms. The van der Waals surface area contributed by atoms with Crippen molar-refractivity contribution in [1.82, 2.24) is 0 Å². The zero-order valence-corrected chi connectivity index (χ0v) is 16.1. The molecule has 5 unspecified atom stereocenters. The van der Waals surface area contributed by atoms with E-state index in [0.717, 1.165) is 24.7 Å². The molecule has 0 N–H and O–H groups in total. The monoisotopic (exact) mass is 342 g/mol. The van der Waals surface area contributed by atoms with Crippen molar-refractivity contribution in [3.05, 3.63) is 23.3 Å². The van der Waals surface area contributed by atoms with Crippen molar-refractivity contribution in [3.63, 3.8) is 0 Å². The third-order valence-corrected chi connectivity index (χ3v) is 7.68. The number of carbonyl (C=O) groups excluding carboxylic acids is 1. The van der Waals surface area contributed by atoms with Gasteiger partial charge in [0.1, 0.15) is 6.10 Å². The Kier molecular flexibility index (Phi) is 4.81. The number of hydrogen-bond donors (Lipinski definition) is 0. The Morgan fingerprint density at radius 3 is 2.92 bits per heavy atom. The van der Waals surface area contributed by atoms with Crippen LogP contribution < -0.4 is 0 Å². The number of ether oxygens (including phenoxy) is 1. The second-order valence-corrected chi connectivity index (χ2v) is 9.16. The molecule has 0 bridgehead atoms. The van der Waals surface area contributed by atoms with Gasteiger partial charge in [-0.1, -0.05) is 37.1 Å². The highest BCUT2D eigenvalue weighted by atomic mass is 16.5. The average molecular weight is 343 g/mol. The maximum Gasteiger partial charge on any atom is 0.305 e. The predicted octanol–water partition coefficient (Wildman–Crippen LogP) is 5.97. The van der Waals surface area contributed by atoms with Gasteiger partial charge in [0.2, 0.25) is 0 Å². The summed E-state index contributed by atoms with van der Waals surface area (Å²) in [5, 5.41) is 0. The van der Waals surface area contributed by atoms with E-state index in [1.165, 1.54) is 51.4 Å². The highest BCUT2D eigenvalue weighted by molar-refractivity contribution is 5.69. The molecule has 2 fully saturated rings. The minimum Gasteiger partial charge on any atom is -0.462 e. The molecule has 0 aromatic rings. The van der Waals surface area contributed by atoms with E-state index >= 15 is 0 Å². The van der Waals surface area contributed by atoms with Crippen LogP contribution in [0.15, 0.2) is 23.3 Å². The fraction of sp³-hybridized carbons (Fsp3) is 0.783. The van der Waals surface area contributed by atoms with Crippen LogP contribution in [0.25, 0.3) is 0 Å². The van der Waals surface area contributed by atoms with Crippen molar-refractivity contribution >= 4 is 5.97 Å². The van der Waals surface area contributed by atoms with E-state index < -0.39 is 0 Å². The van der Waals surface area contributed by atoms with Gasteiger partial charge in [-0.15, -0.1) is 0 Å². The summed E-state index contributed by atoms with van der Waals surface area (Å²) in [7, 11) is 0. The van der Waals surface area contributed by atoms with E-state index in [-0.39, 0.29) is 12.1 Å². The molecule has 2 saturated carbocycles. The van der Waals surface area contributed by atoms with Gasteiger partial charge < -0.3 is 4.74 Å². The molecule has 0 aromatic carbocycles. The summed E-state index contributed by atoms with van der Waals surface area (Å²) in [6.45, 7) is 4.42. The Morgan fingerprint density at radius 1 is 1.20 bits per heavy atom. The standard InChI is InChI=1S/C23H34O2/c1-3-22(24)25-21-13-12-19-18-9-6-8-17-7-4-5-14-23(17,2)15-16(18)10-11-20(19)21/h7,10,18-21H,3-6,8-9,11-15H2,1-2H3. The number of hydrogen-bond acceptors (Lipinski definition) is 2. The SMILES string of the molecule is CCC(=O)OC1CCC2C3CCCC4=CCCCC4(C)CC3=CCC12. The normalized spacial score (nSPS) is 40.6. The Morgan fingerprint density at radius 2 is 2.08 bits per heavy atom. The Labute approximate surface area is 153 Å². The Bertz CT molecular complexity index is 587. The van der Waals surface area contributed by atoms with Crippen molar-refractivity contribution in [2.24, 2.45) is 23.2 Å². The largest absolute Gasteiger partial charge is 0.462 e. The molecule has 0 aromatic heterocycles. The average Bonchev–Trinajstić information content (AvgIpc) is 2.99. The predicted molar refractivity (Wildman–Crippen MR) is 101 cm³/mol. The lowest BCUT2D eigenvalue weighted by atomic mass is 9.61. The van der Waals surface area contributed by atoms with Crippen molar-refractivity contribution in [2.45, 2.75) is 90.6 Å². The van der Waals surface area contributed by atoms with Crippen LogP contribution in [-0.4, -0.2) is 12.1 Å². The molecule has 4 aliphatic rings. The van der Waals surface area contributed by atoms with Gasteiger partial charge in [0.15, 0.2) is 0 Å². The minimum absolute atomic E-state index is 0.0115. The zero-order valence-electron chi connectivity index (χ0n) is 16.1. The Balaban J connectivity index is 1.54. The summed E-state index contributed by atoms with van der Waals surface area (Å²) in [5.41, 5.74) is 3.92. The van der Waals surface area contributed by atoms with E-state index in [4.69, 9.17) is 4.74 Å². The van der Waals surface area contributed by atoms with E-state index in [2.05, 4.69) is 19.1 Å². The fourth-order valence-electron chi connectivity index (χ4n) is 6.35. The van der Waals surface area contributed by atoms with Gasteiger partial charge in [-0.05, 0) is 81.5 Å². The first-order valence-electron chi connectivity index (χ1n) is 10.7. The zero-order chi connectivity index (χ0) is 17.4. The third kappa shape index (κ3) is 3.22. The van der Waals surface area contributed by atoms with E-state index in [1.807, 2.05) is 6.92 Å². The van der Waals surface area contributed by atoms with Crippen LogP contribution in [0.1, 0.15) is 84.5 Å². The molecule has 25 heavy (non-hydrogen) atoms. The molecule has 2 heteroatoms. The molecule has 2 nitrogen and oxygen atoms in total. The van der Waals surface area contributed by atoms with Gasteiger partial charge in [-0.25, -0.2) is 0 Å². The first kappa shape index (κ1) is 17.4. The van der Waals surface area contributed by atoms with Gasteiger partial charge in [-0.3, -0.25) is 4.79 Å². The summed E-state index contributed by atoms with van der Waals surface area (Å²) in [5.74, 6) is 2.08. The van der Waals surface area contributed by atoms with Crippen LogP contribution in [0.4, 0.5) is 0 Å². The molecule has 0 saturated heterocycles. The van der Waals surface area contributed by atoms with Crippen LogP contribution in [0.2, 0.25) is 0 Å². The van der Waals surface area contributed by atoms with Gasteiger partial charge in [0.25, 0.3) is 0 Å². The Hall–Kier alpha value is -1.05. The van der Waals surface area contributed by atoms with Crippen LogP contribution in [-0.2, 0) is 9.53 Å². The van der Waals surface area contributed by atoms with Crippen molar-refractivity contribution in [1.29, 1.82) is 0 Å². The van der Waals surface area contributed by atoms with E-state index in [1.54, 1.807) is 11.1 Å². The lowest BCUT2D eigenvalue weighted by Gasteiger charge is -2.44. The second kappa shape index (κ2) is 6.93. The molecule has 0 amide bonds. The number of carbonyl (C=O) groups is 1. The minimum atomic E-state index is -0.0115. The number of fused-ring (bicyclic) bond motifs is 4. The van der Waals surface area contributed by atoms with E-state index in [9.17, 15) is 4.79 Å². The van der Waals surface area contributed by atoms with Gasteiger partial charge in [-0.2, -0.15) is 0 Å². The highest BCUT2D eigenvalue weighted by Gasteiger charge is 2.46. The van der Waals surface area contributed by atoms with Crippen LogP contribution in [0.3, 0.4) is 0 Å². The third-order valence-electron chi connectivity index (χ3n) is 7.68. The molecule has 138 valence electrons. The summed E-state index contributed by atoms with van der Waals surface area (Å²) in [6.07, 6.45) is 18.6. The van der Waals surface area contributed by atoms with Crippen molar-refractivity contribution in [2.75, 3.05) is 0 Å². The summed E-state index contributed by atoms with van der Waals surface area (Å²) >= 11 is 0. The summed E-state index contributed by atoms with van der Waals surface area (Å²) < 4.78 is 5.79. The van der Waals surface area contributed by atoms with E-state index in [0.29, 0.717) is 17.8 Å². The number of rotatable bonds is 2. The maximum atomic E-state index is 11.8. The van der Waals surface area contributed by atoms with Crippen molar-refractivity contribution in [3.8, 4) is 0 Å². The van der Waals surface area contributed by atoms with Gasteiger partial charge in [0, 0.05) is 12.3 Å². The van der Waals surface area contributed by atoms with Crippen LogP contribution in [0.5, 0.6) is 0 Å². The summed E-state index contributed by atoms with van der Waals surface area (Å²) in [4.78, 5) is 11.8. The molecule has 0 aliphatic heterocycles. The first-order chi connectivity index (χ1) is 12.1. The van der Waals surface area contributed by atoms with Gasteiger partial charge >= 0.3 is 5.97 Å². The molecular formula is C23H34O2. The van der Waals surface area contributed by atoms with Crippen LogP contribution >= 0.6 is 0 Å². The topological polar surface area (TPSA) is 26.3 Å². The molecule has 0 radical (unpaired) electrons. The molecule has 0 heterocycles. The lowest BCUT2D eigenvalue weighted by Crippen LogP contribution is -2.35. The number of allylic oxidation sites excluding steroid dienone is 4. The van der Waals surface area contributed by atoms with Crippen LogP contribution in [0, 0.1) is 23.2 Å². The second-order valence-electron chi connectivity index (χ2n) is 9.16. The number of esters is 1.